The van der Waals surface area contributed by atoms with Gasteiger partial charge in [0.2, 0.25) is 5.91 Å². The molecule has 1 amide bonds. The van der Waals surface area contributed by atoms with Crippen LogP contribution >= 0.6 is 0 Å². The van der Waals surface area contributed by atoms with Crippen molar-refractivity contribution in [2.24, 2.45) is 5.92 Å². The molecule has 0 aliphatic heterocycles. The van der Waals surface area contributed by atoms with Gasteiger partial charge in [0.15, 0.2) is 0 Å². The lowest BCUT2D eigenvalue weighted by Crippen LogP contribution is -2.27. The first-order valence-corrected chi connectivity index (χ1v) is 8.31. The minimum atomic E-state index is 0.0599. The molecule has 4 heteroatoms. The zero-order chi connectivity index (χ0) is 16.9. The van der Waals surface area contributed by atoms with Crippen molar-refractivity contribution in [3.05, 3.63) is 65.2 Å². The smallest absolute Gasteiger partial charge is 0.223 e. The molecule has 0 spiro atoms. The molecular weight excluding hydrogens is 302 g/mol. The lowest BCUT2D eigenvalue weighted by Gasteiger charge is -2.07. The molecule has 4 nitrogen and oxygen atoms in total. The van der Waals surface area contributed by atoms with Crippen molar-refractivity contribution in [3.8, 4) is 5.75 Å². The lowest BCUT2D eigenvalue weighted by molar-refractivity contribution is -0.122. The molecular formula is C20H23NO3. The minimum absolute atomic E-state index is 0.0599. The molecule has 1 aliphatic carbocycles. The average molecular weight is 325 g/mol. The van der Waals surface area contributed by atoms with Crippen LogP contribution in [0.5, 0.6) is 5.75 Å². The molecule has 0 radical (unpaired) electrons. The fourth-order valence-electron chi connectivity index (χ4n) is 3.00. The van der Waals surface area contributed by atoms with Gasteiger partial charge in [0.05, 0.1) is 13.7 Å². The van der Waals surface area contributed by atoms with E-state index in [1.165, 1.54) is 5.56 Å². The van der Waals surface area contributed by atoms with Gasteiger partial charge in [-0.1, -0.05) is 36.4 Å². The van der Waals surface area contributed by atoms with Crippen LogP contribution in [0.1, 0.15) is 29.0 Å². The van der Waals surface area contributed by atoms with Gasteiger partial charge in [0.1, 0.15) is 5.75 Å². The summed E-state index contributed by atoms with van der Waals surface area (Å²) in [5.41, 5.74) is 3.24. The van der Waals surface area contributed by atoms with Crippen LogP contribution < -0.4 is 10.1 Å². The molecule has 3 rings (SSSR count). The number of rotatable bonds is 7. The lowest BCUT2D eigenvalue weighted by atomic mass is 10.1. The Bertz CT molecular complexity index is 696. The summed E-state index contributed by atoms with van der Waals surface area (Å²) in [6, 6.07) is 15.8. The standard InChI is InChI=1S/C20H23NO3/c1-24-17-4-2-3-16(11-17)18-12-19(18)20(23)21-10-9-14-5-7-15(13-22)8-6-14/h2-8,11,18-19,22H,9-10,12-13H2,1H3,(H,21,23). The molecule has 2 aromatic carbocycles. The molecule has 0 bridgehead atoms. The number of hydrogen-bond acceptors (Lipinski definition) is 3. The van der Waals surface area contributed by atoms with E-state index in [0.717, 1.165) is 29.7 Å². The number of methoxy groups -OCH3 is 1. The van der Waals surface area contributed by atoms with E-state index < -0.39 is 0 Å². The molecule has 2 aromatic rings. The van der Waals surface area contributed by atoms with Crippen molar-refractivity contribution in [1.82, 2.24) is 5.32 Å². The van der Waals surface area contributed by atoms with Crippen LogP contribution in [0.3, 0.4) is 0 Å². The first kappa shape index (κ1) is 16.5. The van der Waals surface area contributed by atoms with Gasteiger partial charge in [0.25, 0.3) is 0 Å². The van der Waals surface area contributed by atoms with E-state index in [1.54, 1.807) is 7.11 Å². The zero-order valence-corrected chi connectivity index (χ0v) is 13.9. The van der Waals surface area contributed by atoms with Crippen LogP contribution in [-0.2, 0) is 17.8 Å². The summed E-state index contributed by atoms with van der Waals surface area (Å²) >= 11 is 0. The summed E-state index contributed by atoms with van der Waals surface area (Å²) in [7, 11) is 1.66. The second-order valence-corrected chi connectivity index (χ2v) is 6.24. The maximum atomic E-state index is 12.3. The highest BCUT2D eigenvalue weighted by atomic mass is 16.5. The third-order valence-electron chi connectivity index (χ3n) is 4.57. The van der Waals surface area contributed by atoms with Crippen LogP contribution in [-0.4, -0.2) is 24.7 Å². The SMILES string of the molecule is COc1cccc(C2CC2C(=O)NCCc2ccc(CO)cc2)c1. The molecule has 0 aromatic heterocycles. The summed E-state index contributed by atoms with van der Waals surface area (Å²) in [4.78, 5) is 12.3. The molecule has 2 atom stereocenters. The molecule has 1 aliphatic rings. The van der Waals surface area contributed by atoms with Crippen LogP contribution in [0.2, 0.25) is 0 Å². The Morgan fingerprint density at radius 2 is 1.96 bits per heavy atom. The van der Waals surface area contributed by atoms with E-state index >= 15 is 0 Å². The Hall–Kier alpha value is -2.33. The van der Waals surface area contributed by atoms with Gasteiger partial charge >= 0.3 is 0 Å². The van der Waals surface area contributed by atoms with Gasteiger partial charge in [-0.15, -0.1) is 0 Å². The van der Waals surface area contributed by atoms with E-state index in [1.807, 2.05) is 42.5 Å². The predicted octanol–water partition coefficient (Wildman–Crippen LogP) is 2.65. The van der Waals surface area contributed by atoms with Crippen molar-refractivity contribution in [1.29, 1.82) is 0 Å². The number of hydrogen-bond donors (Lipinski definition) is 2. The summed E-state index contributed by atoms with van der Waals surface area (Å²) < 4.78 is 5.24. The molecule has 126 valence electrons. The van der Waals surface area contributed by atoms with Gasteiger partial charge in [-0.05, 0) is 47.6 Å². The molecule has 2 unspecified atom stereocenters. The van der Waals surface area contributed by atoms with E-state index in [2.05, 4.69) is 11.4 Å². The second kappa shape index (κ2) is 7.49. The normalized spacial score (nSPS) is 18.9. The number of benzene rings is 2. The van der Waals surface area contributed by atoms with Crippen molar-refractivity contribution in [3.63, 3.8) is 0 Å². The molecule has 0 saturated heterocycles. The first-order valence-electron chi connectivity index (χ1n) is 8.31. The van der Waals surface area contributed by atoms with Crippen LogP contribution in [0, 0.1) is 5.92 Å². The zero-order valence-electron chi connectivity index (χ0n) is 13.9. The number of aliphatic hydroxyl groups excluding tert-OH is 1. The second-order valence-electron chi connectivity index (χ2n) is 6.24. The Labute approximate surface area is 142 Å². The molecule has 24 heavy (non-hydrogen) atoms. The predicted molar refractivity (Wildman–Crippen MR) is 92.9 cm³/mol. The van der Waals surface area contributed by atoms with Gasteiger partial charge in [-0.25, -0.2) is 0 Å². The quantitative estimate of drug-likeness (QED) is 0.823. The number of amides is 1. The maximum Gasteiger partial charge on any atom is 0.223 e. The molecule has 1 saturated carbocycles. The Balaban J connectivity index is 1.46. The van der Waals surface area contributed by atoms with Crippen molar-refractivity contribution >= 4 is 5.91 Å². The summed E-state index contributed by atoms with van der Waals surface area (Å²) in [5, 5.41) is 12.1. The van der Waals surface area contributed by atoms with Crippen LogP contribution in [0.25, 0.3) is 0 Å². The topological polar surface area (TPSA) is 58.6 Å². The molecule has 0 heterocycles. The van der Waals surface area contributed by atoms with Gasteiger partial charge in [-0.2, -0.15) is 0 Å². The van der Waals surface area contributed by atoms with E-state index in [0.29, 0.717) is 12.5 Å². The first-order chi connectivity index (χ1) is 11.7. The maximum absolute atomic E-state index is 12.3. The van der Waals surface area contributed by atoms with Gasteiger partial charge in [0, 0.05) is 12.5 Å². The summed E-state index contributed by atoms with van der Waals surface area (Å²) in [6.07, 6.45) is 1.71. The fourth-order valence-corrected chi connectivity index (χ4v) is 3.00. The molecule has 1 fully saturated rings. The largest absolute Gasteiger partial charge is 0.497 e. The summed E-state index contributed by atoms with van der Waals surface area (Å²) in [5.74, 6) is 1.36. The molecule has 2 N–H and O–H groups in total. The Morgan fingerprint density at radius 1 is 1.21 bits per heavy atom. The van der Waals surface area contributed by atoms with E-state index in [9.17, 15) is 4.79 Å². The average Bonchev–Trinajstić information content (AvgIpc) is 3.43. The van der Waals surface area contributed by atoms with Crippen molar-refractivity contribution < 1.29 is 14.6 Å². The number of aliphatic hydroxyl groups is 1. The summed E-state index contributed by atoms with van der Waals surface area (Å²) in [6.45, 7) is 0.697. The van der Waals surface area contributed by atoms with Gasteiger partial charge < -0.3 is 15.2 Å². The van der Waals surface area contributed by atoms with Gasteiger partial charge in [-0.3, -0.25) is 4.79 Å². The van der Waals surface area contributed by atoms with Crippen molar-refractivity contribution in [2.75, 3.05) is 13.7 Å². The number of nitrogens with one attached hydrogen (secondary N) is 1. The Kier molecular flexibility index (Phi) is 5.16. The third kappa shape index (κ3) is 3.95. The van der Waals surface area contributed by atoms with Crippen LogP contribution in [0.15, 0.2) is 48.5 Å². The van der Waals surface area contributed by atoms with Crippen molar-refractivity contribution in [2.45, 2.75) is 25.4 Å². The number of carbonyl (C=O) groups excluding carboxylic acids is 1. The number of ether oxygens (including phenoxy) is 1. The fraction of sp³-hybridized carbons (Fsp3) is 0.350. The third-order valence-corrected chi connectivity index (χ3v) is 4.57. The monoisotopic (exact) mass is 325 g/mol. The van der Waals surface area contributed by atoms with E-state index in [-0.39, 0.29) is 18.4 Å². The highest BCUT2D eigenvalue weighted by Gasteiger charge is 2.43. The highest BCUT2D eigenvalue weighted by molar-refractivity contribution is 5.82. The minimum Gasteiger partial charge on any atom is -0.497 e. The highest BCUT2D eigenvalue weighted by Crippen LogP contribution is 2.48. The van der Waals surface area contributed by atoms with E-state index in [4.69, 9.17) is 9.84 Å². The van der Waals surface area contributed by atoms with Crippen LogP contribution in [0.4, 0.5) is 0 Å². The number of carbonyl (C=O) groups is 1. The Morgan fingerprint density at radius 3 is 2.67 bits per heavy atom.